The van der Waals surface area contributed by atoms with E-state index in [1.165, 1.54) is 0 Å². The number of nitrogens with one attached hydrogen (secondary N) is 1. The van der Waals surface area contributed by atoms with Crippen LogP contribution < -0.4 is 24.6 Å². The minimum Gasteiger partial charge on any atom is -0.497 e. The molecule has 3 aromatic carbocycles. The fourth-order valence-electron chi connectivity index (χ4n) is 6.70. The molecule has 1 saturated heterocycles. The maximum atomic E-state index is 14.1. The van der Waals surface area contributed by atoms with Gasteiger partial charge in [0.2, 0.25) is 5.91 Å². The molecule has 1 N–H and O–H groups in total. The molecule has 0 bridgehead atoms. The van der Waals surface area contributed by atoms with E-state index in [4.69, 9.17) is 9.47 Å². The summed E-state index contributed by atoms with van der Waals surface area (Å²) >= 11 is 0. The Balaban J connectivity index is 1.34. The third-order valence-electron chi connectivity index (χ3n) is 8.81. The van der Waals surface area contributed by atoms with E-state index in [1.807, 2.05) is 65.6 Å². The molecule has 224 valence electrons. The normalized spacial score (nSPS) is 19.7. The Bertz CT molecular complexity index is 1540. The lowest BCUT2D eigenvalue weighted by molar-refractivity contribution is -0.130. The Morgan fingerprint density at radius 3 is 2.30 bits per heavy atom. The van der Waals surface area contributed by atoms with Crippen LogP contribution in [0.3, 0.4) is 0 Å². The van der Waals surface area contributed by atoms with Crippen LogP contribution in [0.15, 0.2) is 84.1 Å². The zero-order chi connectivity index (χ0) is 30.1. The van der Waals surface area contributed by atoms with E-state index in [0.717, 1.165) is 59.2 Å². The number of para-hydroxylation sites is 3. The number of fused-ring (bicyclic) bond motifs is 1. The number of carbonyl (C=O) groups is 2. The molecule has 3 aromatic rings. The van der Waals surface area contributed by atoms with E-state index in [0.29, 0.717) is 25.3 Å². The van der Waals surface area contributed by atoms with Gasteiger partial charge in [0.05, 0.1) is 38.2 Å². The monoisotopic (exact) mass is 580 g/mol. The lowest BCUT2D eigenvalue weighted by Gasteiger charge is -2.40. The van der Waals surface area contributed by atoms with Crippen LogP contribution in [0.1, 0.15) is 38.3 Å². The second-order valence-electron chi connectivity index (χ2n) is 12.3. The maximum Gasteiger partial charge on any atom is 0.242 e. The summed E-state index contributed by atoms with van der Waals surface area (Å²) in [5.41, 5.74) is 5.26. The number of rotatable bonds is 6. The van der Waals surface area contributed by atoms with Crippen LogP contribution >= 0.6 is 0 Å². The standard InChI is InChI=1S/C35H40N4O4/c1-35(2)21-28-33(30(40)22-35)34(26-9-5-8-12-31(26)43-4)39(29-11-7-6-10-27(29)36-28)23-32(41)38-19-17-37(18-20-38)24-13-15-25(42-3)16-14-24/h5-16,34,36H,17-23H2,1-4H3. The summed E-state index contributed by atoms with van der Waals surface area (Å²) in [6, 6.07) is 23.5. The van der Waals surface area contributed by atoms with Gasteiger partial charge in [-0.2, -0.15) is 0 Å². The molecule has 0 saturated carbocycles. The van der Waals surface area contributed by atoms with E-state index in [1.54, 1.807) is 14.2 Å². The molecule has 1 unspecified atom stereocenters. The highest BCUT2D eigenvalue weighted by Gasteiger charge is 2.43. The largest absolute Gasteiger partial charge is 0.497 e. The minimum absolute atomic E-state index is 0.0386. The number of ketones is 1. The number of piperazine rings is 1. The van der Waals surface area contributed by atoms with Crippen molar-refractivity contribution in [3.63, 3.8) is 0 Å². The number of benzene rings is 3. The first-order chi connectivity index (χ1) is 20.8. The zero-order valence-corrected chi connectivity index (χ0v) is 25.4. The summed E-state index contributed by atoms with van der Waals surface area (Å²) in [6.07, 6.45) is 1.19. The van der Waals surface area contributed by atoms with Crippen molar-refractivity contribution in [1.29, 1.82) is 0 Å². The molecule has 1 aliphatic carbocycles. The number of ether oxygens (including phenoxy) is 2. The number of anilines is 3. The molecule has 2 aliphatic heterocycles. The number of carbonyl (C=O) groups excluding carboxylic acids is 2. The third-order valence-corrected chi connectivity index (χ3v) is 8.81. The lowest BCUT2D eigenvalue weighted by atomic mass is 9.73. The Morgan fingerprint density at radius 2 is 1.58 bits per heavy atom. The molecule has 0 spiro atoms. The highest BCUT2D eigenvalue weighted by atomic mass is 16.5. The van der Waals surface area contributed by atoms with Crippen molar-refractivity contribution in [2.45, 2.75) is 32.7 Å². The summed E-state index contributed by atoms with van der Waals surface area (Å²) in [5, 5.41) is 3.64. The Morgan fingerprint density at radius 1 is 0.884 bits per heavy atom. The van der Waals surface area contributed by atoms with Gasteiger partial charge in [-0.1, -0.05) is 44.2 Å². The number of methoxy groups -OCH3 is 2. The van der Waals surface area contributed by atoms with Crippen LogP contribution in [0.2, 0.25) is 0 Å². The van der Waals surface area contributed by atoms with E-state index < -0.39 is 6.04 Å². The topological polar surface area (TPSA) is 74.4 Å². The highest BCUT2D eigenvalue weighted by molar-refractivity contribution is 6.02. The van der Waals surface area contributed by atoms with Gasteiger partial charge in [-0.05, 0) is 54.3 Å². The molecule has 2 heterocycles. The van der Waals surface area contributed by atoms with Gasteiger partial charge in [-0.15, -0.1) is 0 Å². The van der Waals surface area contributed by atoms with Gasteiger partial charge in [-0.25, -0.2) is 0 Å². The predicted octanol–water partition coefficient (Wildman–Crippen LogP) is 5.67. The van der Waals surface area contributed by atoms with Gasteiger partial charge in [0.25, 0.3) is 0 Å². The molecule has 1 atom stereocenters. The van der Waals surface area contributed by atoms with E-state index in [-0.39, 0.29) is 23.7 Å². The summed E-state index contributed by atoms with van der Waals surface area (Å²) in [7, 11) is 3.32. The van der Waals surface area contributed by atoms with Gasteiger partial charge in [0.1, 0.15) is 11.5 Å². The SMILES string of the molecule is COc1ccc(N2CCN(C(=O)CN3c4ccccc4NC4=C(C(=O)CC(C)(C)C4)C3c3ccccc3OC)CC2)cc1. The first-order valence-electron chi connectivity index (χ1n) is 15.0. The summed E-state index contributed by atoms with van der Waals surface area (Å²) in [6.45, 7) is 7.15. The molecule has 1 fully saturated rings. The van der Waals surface area contributed by atoms with E-state index in [2.05, 4.69) is 41.1 Å². The number of nitrogens with zero attached hydrogens (tertiary/aromatic N) is 3. The number of Topliss-reactive ketones (excluding diaryl/α,β-unsaturated/α-hetero) is 1. The quantitative estimate of drug-likeness (QED) is 0.403. The molecule has 3 aliphatic rings. The number of amides is 1. The Hall–Kier alpha value is -4.46. The van der Waals surface area contributed by atoms with Gasteiger partial charge in [0, 0.05) is 55.1 Å². The van der Waals surface area contributed by atoms with Crippen LogP contribution in [-0.2, 0) is 9.59 Å². The van der Waals surface area contributed by atoms with E-state index in [9.17, 15) is 9.59 Å². The number of hydrogen-bond donors (Lipinski definition) is 1. The molecule has 1 amide bonds. The van der Waals surface area contributed by atoms with Gasteiger partial charge >= 0.3 is 0 Å². The molecular weight excluding hydrogens is 540 g/mol. The highest BCUT2D eigenvalue weighted by Crippen LogP contribution is 2.49. The van der Waals surface area contributed by atoms with Crippen molar-refractivity contribution in [2.75, 3.05) is 62.1 Å². The zero-order valence-electron chi connectivity index (χ0n) is 25.4. The maximum absolute atomic E-state index is 14.1. The fourth-order valence-corrected chi connectivity index (χ4v) is 6.70. The summed E-state index contributed by atoms with van der Waals surface area (Å²) < 4.78 is 11.1. The van der Waals surface area contributed by atoms with Crippen LogP contribution in [0.25, 0.3) is 0 Å². The first-order valence-corrected chi connectivity index (χ1v) is 15.0. The van der Waals surface area contributed by atoms with E-state index >= 15 is 0 Å². The van der Waals surface area contributed by atoms with Crippen molar-refractivity contribution in [3.05, 3.63) is 89.6 Å². The fraction of sp³-hybridized carbons (Fsp3) is 0.371. The van der Waals surface area contributed by atoms with Crippen molar-refractivity contribution < 1.29 is 19.1 Å². The molecule has 6 rings (SSSR count). The van der Waals surface area contributed by atoms with Crippen LogP contribution in [0.4, 0.5) is 17.1 Å². The molecule has 8 heteroatoms. The Labute approximate surface area is 253 Å². The molecule has 8 nitrogen and oxygen atoms in total. The van der Waals surface area contributed by atoms with Gasteiger partial charge in [-0.3, -0.25) is 9.59 Å². The minimum atomic E-state index is -0.476. The summed E-state index contributed by atoms with van der Waals surface area (Å²) in [5.74, 6) is 1.67. The van der Waals surface area contributed by atoms with Crippen molar-refractivity contribution in [3.8, 4) is 11.5 Å². The smallest absolute Gasteiger partial charge is 0.242 e. The Kier molecular flexibility index (Phi) is 7.77. The second kappa shape index (κ2) is 11.7. The summed E-state index contributed by atoms with van der Waals surface area (Å²) in [4.78, 5) is 34.4. The third kappa shape index (κ3) is 5.66. The molecule has 0 radical (unpaired) electrons. The van der Waals surface area contributed by atoms with Crippen LogP contribution in [0.5, 0.6) is 11.5 Å². The van der Waals surface area contributed by atoms with Gasteiger partial charge < -0.3 is 29.5 Å². The van der Waals surface area contributed by atoms with Crippen LogP contribution in [-0.4, -0.2) is 63.5 Å². The molecular formula is C35H40N4O4. The average Bonchev–Trinajstić information content (AvgIpc) is 3.14. The first kappa shape index (κ1) is 28.6. The number of hydrogen-bond acceptors (Lipinski definition) is 7. The predicted molar refractivity (Wildman–Crippen MR) is 170 cm³/mol. The van der Waals surface area contributed by atoms with Crippen LogP contribution in [0, 0.1) is 5.41 Å². The second-order valence-corrected chi connectivity index (χ2v) is 12.3. The van der Waals surface area contributed by atoms with Gasteiger partial charge in [0.15, 0.2) is 5.78 Å². The molecule has 43 heavy (non-hydrogen) atoms. The van der Waals surface area contributed by atoms with Crippen molar-refractivity contribution in [2.24, 2.45) is 5.41 Å². The van der Waals surface area contributed by atoms with Crippen molar-refractivity contribution >= 4 is 28.8 Å². The number of allylic oxidation sites excluding steroid dienone is 1. The lowest BCUT2D eigenvalue weighted by Crippen LogP contribution is -2.52. The molecule has 0 aromatic heterocycles. The average molecular weight is 581 g/mol. The van der Waals surface area contributed by atoms with Crippen molar-refractivity contribution in [1.82, 2.24) is 4.90 Å².